The van der Waals surface area contributed by atoms with Gasteiger partial charge in [0.05, 0.1) is 19.6 Å². The summed E-state index contributed by atoms with van der Waals surface area (Å²) < 4.78 is 5.15. The van der Waals surface area contributed by atoms with Crippen LogP contribution in [0.2, 0.25) is 0 Å². The molecule has 0 spiro atoms. The van der Waals surface area contributed by atoms with Gasteiger partial charge in [0.15, 0.2) is 0 Å². The molecule has 1 aromatic heterocycles. The van der Waals surface area contributed by atoms with Crippen LogP contribution in [-0.2, 0) is 11.2 Å². The second kappa shape index (κ2) is 6.75. The van der Waals surface area contributed by atoms with E-state index in [0.717, 1.165) is 23.6 Å². The largest absolute Gasteiger partial charge is 0.497 e. The van der Waals surface area contributed by atoms with Crippen LogP contribution in [0, 0.1) is 0 Å². The van der Waals surface area contributed by atoms with Crippen LogP contribution in [0.15, 0.2) is 36.7 Å². The van der Waals surface area contributed by atoms with E-state index in [2.05, 4.69) is 15.3 Å². The Morgan fingerprint density at radius 1 is 1.50 bits per heavy atom. The first-order valence-corrected chi connectivity index (χ1v) is 6.64. The second-order valence-electron chi connectivity index (χ2n) is 4.53. The molecule has 2 N–H and O–H groups in total. The minimum Gasteiger partial charge on any atom is -0.497 e. The maximum absolute atomic E-state index is 12.1. The first-order valence-electron chi connectivity index (χ1n) is 6.64. The molecule has 0 saturated heterocycles. The van der Waals surface area contributed by atoms with Crippen molar-refractivity contribution >= 4 is 5.91 Å². The number of aromatic amines is 1. The molecule has 0 aliphatic heterocycles. The third-order valence-electron chi connectivity index (χ3n) is 3.09. The first kappa shape index (κ1) is 14.1. The molecule has 1 heterocycles. The van der Waals surface area contributed by atoms with Gasteiger partial charge >= 0.3 is 0 Å². The fraction of sp³-hybridized carbons (Fsp3) is 0.333. The minimum atomic E-state index is -0.0805. The molecule has 106 valence electrons. The number of methoxy groups -OCH3 is 1. The average Bonchev–Trinajstić information content (AvgIpc) is 2.99. The predicted molar refractivity (Wildman–Crippen MR) is 76.5 cm³/mol. The van der Waals surface area contributed by atoms with Gasteiger partial charge in [0, 0.05) is 12.4 Å². The van der Waals surface area contributed by atoms with Gasteiger partial charge in [-0.25, -0.2) is 4.98 Å². The summed E-state index contributed by atoms with van der Waals surface area (Å²) in [6, 6.07) is 7.44. The molecule has 0 aliphatic rings. The number of carbonyl (C=O) groups is 1. The fourth-order valence-electron chi connectivity index (χ4n) is 2.04. The predicted octanol–water partition coefficient (Wildman–Crippen LogP) is 2.23. The molecular formula is C15H19N3O2. The van der Waals surface area contributed by atoms with E-state index in [1.54, 1.807) is 19.5 Å². The van der Waals surface area contributed by atoms with Crippen molar-refractivity contribution in [2.75, 3.05) is 7.11 Å². The highest BCUT2D eigenvalue weighted by atomic mass is 16.5. The van der Waals surface area contributed by atoms with Gasteiger partial charge in [-0.15, -0.1) is 0 Å². The number of aromatic nitrogens is 2. The van der Waals surface area contributed by atoms with Gasteiger partial charge in [-0.05, 0) is 24.1 Å². The molecule has 0 saturated carbocycles. The van der Waals surface area contributed by atoms with Crippen LogP contribution in [0.5, 0.6) is 5.75 Å². The lowest BCUT2D eigenvalue weighted by atomic mass is 10.1. The fourth-order valence-corrected chi connectivity index (χ4v) is 2.04. The number of amides is 1. The number of nitrogens with zero attached hydrogens (tertiary/aromatic N) is 1. The molecule has 1 amide bonds. The third-order valence-corrected chi connectivity index (χ3v) is 3.09. The van der Waals surface area contributed by atoms with Gasteiger partial charge < -0.3 is 15.0 Å². The Labute approximate surface area is 118 Å². The Hall–Kier alpha value is -2.30. The van der Waals surface area contributed by atoms with Crippen LogP contribution in [-0.4, -0.2) is 23.0 Å². The number of imidazole rings is 1. The van der Waals surface area contributed by atoms with Gasteiger partial charge in [0.2, 0.25) is 5.91 Å². The summed E-state index contributed by atoms with van der Waals surface area (Å²) in [5.74, 6) is 1.52. The molecule has 2 rings (SSSR count). The molecule has 0 fully saturated rings. The van der Waals surface area contributed by atoms with Crippen molar-refractivity contribution in [1.82, 2.24) is 15.3 Å². The normalized spacial score (nSPS) is 11.9. The first-order chi connectivity index (χ1) is 9.72. The molecule has 5 nitrogen and oxygen atoms in total. The second-order valence-corrected chi connectivity index (χ2v) is 4.53. The quantitative estimate of drug-likeness (QED) is 0.848. The summed E-state index contributed by atoms with van der Waals surface area (Å²) in [4.78, 5) is 19.3. The number of benzene rings is 1. The SMILES string of the molecule is CCC(NC(=O)Cc1cccc(OC)c1)c1ncc[nH]1. The van der Waals surface area contributed by atoms with Gasteiger partial charge in [0.25, 0.3) is 0 Å². The summed E-state index contributed by atoms with van der Waals surface area (Å²) in [5, 5.41) is 2.98. The lowest BCUT2D eigenvalue weighted by molar-refractivity contribution is -0.121. The number of ether oxygens (including phenoxy) is 1. The topological polar surface area (TPSA) is 67.0 Å². The number of rotatable bonds is 6. The number of hydrogen-bond donors (Lipinski definition) is 2. The smallest absolute Gasteiger partial charge is 0.225 e. The van der Waals surface area contributed by atoms with Crippen LogP contribution in [0.4, 0.5) is 0 Å². The van der Waals surface area contributed by atoms with Gasteiger partial charge in [-0.3, -0.25) is 4.79 Å². The van der Waals surface area contributed by atoms with E-state index >= 15 is 0 Å². The zero-order valence-electron chi connectivity index (χ0n) is 11.7. The van der Waals surface area contributed by atoms with Crippen molar-refractivity contribution in [3.05, 3.63) is 48.0 Å². The van der Waals surface area contributed by atoms with E-state index in [9.17, 15) is 4.79 Å². The van der Waals surface area contributed by atoms with Crippen molar-refractivity contribution < 1.29 is 9.53 Å². The Bertz CT molecular complexity index is 552. The molecule has 2 aromatic rings. The van der Waals surface area contributed by atoms with Gasteiger partial charge in [-0.1, -0.05) is 19.1 Å². The zero-order valence-corrected chi connectivity index (χ0v) is 11.7. The summed E-state index contributed by atoms with van der Waals surface area (Å²) in [5.41, 5.74) is 0.927. The van der Waals surface area contributed by atoms with Crippen LogP contribution in [0.1, 0.15) is 30.8 Å². The lowest BCUT2D eigenvalue weighted by Crippen LogP contribution is -2.30. The molecule has 0 aliphatic carbocycles. The van der Waals surface area contributed by atoms with Crippen molar-refractivity contribution in [3.63, 3.8) is 0 Å². The standard InChI is InChI=1S/C15H19N3O2/c1-3-13(15-16-7-8-17-15)18-14(19)10-11-5-4-6-12(9-11)20-2/h4-9,13H,3,10H2,1-2H3,(H,16,17)(H,18,19). The highest BCUT2D eigenvalue weighted by molar-refractivity contribution is 5.79. The number of carbonyl (C=O) groups excluding carboxylic acids is 1. The molecule has 20 heavy (non-hydrogen) atoms. The monoisotopic (exact) mass is 273 g/mol. The van der Waals surface area contributed by atoms with Crippen LogP contribution >= 0.6 is 0 Å². The van der Waals surface area contributed by atoms with E-state index in [0.29, 0.717) is 6.42 Å². The lowest BCUT2D eigenvalue weighted by Gasteiger charge is -2.14. The van der Waals surface area contributed by atoms with Crippen molar-refractivity contribution in [2.24, 2.45) is 0 Å². The van der Waals surface area contributed by atoms with Gasteiger partial charge in [-0.2, -0.15) is 0 Å². The van der Waals surface area contributed by atoms with Crippen LogP contribution in [0.25, 0.3) is 0 Å². The average molecular weight is 273 g/mol. The maximum atomic E-state index is 12.1. The van der Waals surface area contributed by atoms with Crippen LogP contribution < -0.4 is 10.1 Å². The summed E-state index contributed by atoms with van der Waals surface area (Å²) in [6.07, 6.45) is 4.56. The van der Waals surface area contributed by atoms with Crippen molar-refractivity contribution in [2.45, 2.75) is 25.8 Å². The summed E-state index contributed by atoms with van der Waals surface area (Å²) >= 11 is 0. The zero-order chi connectivity index (χ0) is 14.4. The Kier molecular flexibility index (Phi) is 4.76. The van der Waals surface area contributed by atoms with Crippen molar-refractivity contribution in [3.8, 4) is 5.75 Å². The number of H-pyrrole nitrogens is 1. The van der Waals surface area contributed by atoms with E-state index in [-0.39, 0.29) is 11.9 Å². The van der Waals surface area contributed by atoms with Gasteiger partial charge in [0.1, 0.15) is 11.6 Å². The summed E-state index contributed by atoms with van der Waals surface area (Å²) in [6.45, 7) is 2.01. The minimum absolute atomic E-state index is 0.0264. The van der Waals surface area contributed by atoms with E-state index in [1.165, 1.54) is 0 Å². The Morgan fingerprint density at radius 2 is 2.35 bits per heavy atom. The Morgan fingerprint density at radius 3 is 3.00 bits per heavy atom. The van der Waals surface area contributed by atoms with E-state index < -0.39 is 0 Å². The molecule has 5 heteroatoms. The third kappa shape index (κ3) is 3.60. The van der Waals surface area contributed by atoms with Crippen molar-refractivity contribution in [1.29, 1.82) is 0 Å². The maximum Gasteiger partial charge on any atom is 0.225 e. The molecule has 1 atom stereocenters. The summed E-state index contributed by atoms with van der Waals surface area (Å²) in [7, 11) is 1.61. The van der Waals surface area contributed by atoms with Crippen LogP contribution in [0.3, 0.4) is 0 Å². The Balaban J connectivity index is 1.97. The van der Waals surface area contributed by atoms with E-state index in [4.69, 9.17) is 4.74 Å². The number of nitrogens with one attached hydrogen (secondary N) is 2. The molecule has 0 bridgehead atoms. The molecular weight excluding hydrogens is 254 g/mol. The molecule has 1 unspecified atom stereocenters. The highest BCUT2D eigenvalue weighted by Crippen LogP contribution is 2.15. The highest BCUT2D eigenvalue weighted by Gasteiger charge is 2.14. The molecule has 0 radical (unpaired) electrons. The van der Waals surface area contributed by atoms with E-state index in [1.807, 2.05) is 31.2 Å². The number of hydrogen-bond acceptors (Lipinski definition) is 3. The molecule has 1 aromatic carbocycles.